The van der Waals surface area contributed by atoms with E-state index in [2.05, 4.69) is 10.4 Å². The first-order valence-corrected chi connectivity index (χ1v) is 14.8. The summed E-state index contributed by atoms with van der Waals surface area (Å²) in [6, 6.07) is 9.18. The molecule has 3 aromatic rings. The number of hydrogen-bond acceptors (Lipinski definition) is 4. The Morgan fingerprint density at radius 2 is 1.86 bits per heavy atom. The Kier molecular flexibility index (Phi) is 7.74. The topological polar surface area (TPSA) is 90.8 Å². The summed E-state index contributed by atoms with van der Waals surface area (Å²) in [4.78, 5) is 44.2. The number of alkyl halides is 3. The number of para-hydroxylation sites is 1. The lowest BCUT2D eigenvalue weighted by molar-refractivity contribution is -0.165. The molecule has 4 amide bonds. The molecule has 228 valence electrons. The molecule has 43 heavy (non-hydrogen) atoms. The van der Waals surface area contributed by atoms with E-state index in [9.17, 15) is 27.6 Å². The van der Waals surface area contributed by atoms with Crippen LogP contribution in [-0.4, -0.2) is 80.7 Å². The number of fused-ring (bicyclic) bond motifs is 4. The number of piperidine rings is 1. The van der Waals surface area contributed by atoms with Gasteiger partial charge >= 0.3 is 12.2 Å². The maximum absolute atomic E-state index is 13.6. The average molecular weight is 617 g/mol. The second-order valence-corrected chi connectivity index (χ2v) is 12.0. The van der Waals surface area contributed by atoms with Crippen LogP contribution >= 0.6 is 11.6 Å². The van der Waals surface area contributed by atoms with Crippen molar-refractivity contribution in [1.29, 1.82) is 0 Å². The maximum atomic E-state index is 13.6. The van der Waals surface area contributed by atoms with Crippen LogP contribution in [0.25, 0.3) is 10.9 Å². The second kappa shape index (κ2) is 11.4. The minimum atomic E-state index is -4.60. The molecule has 1 aromatic heterocycles. The van der Waals surface area contributed by atoms with Crippen LogP contribution in [0.5, 0.6) is 0 Å². The van der Waals surface area contributed by atoms with Gasteiger partial charge in [0.1, 0.15) is 6.54 Å². The van der Waals surface area contributed by atoms with Crippen molar-refractivity contribution < 1.29 is 27.6 Å². The van der Waals surface area contributed by atoms with E-state index >= 15 is 0 Å². The number of nitrogens with one attached hydrogen (secondary N) is 1. The van der Waals surface area contributed by atoms with Crippen molar-refractivity contribution in [2.45, 2.75) is 50.9 Å². The quantitative estimate of drug-likeness (QED) is 0.458. The van der Waals surface area contributed by atoms with E-state index in [1.54, 1.807) is 28.9 Å². The Morgan fingerprint density at radius 3 is 2.60 bits per heavy atom. The Morgan fingerprint density at radius 1 is 1.12 bits per heavy atom. The third kappa shape index (κ3) is 5.89. The number of amides is 4. The Balaban J connectivity index is 1.16. The SMILES string of the molecule is Cn1ncc2c3c(cc(Cl)c21)CC(CC(=O)N1CCC(N2CCc4ccccc4NC2=O)CC1)C(=O)N(CC(F)(F)F)C3. The van der Waals surface area contributed by atoms with Crippen LogP contribution in [0.2, 0.25) is 5.02 Å². The van der Waals surface area contributed by atoms with Gasteiger partial charge in [0.15, 0.2) is 0 Å². The van der Waals surface area contributed by atoms with Crippen molar-refractivity contribution in [3.63, 3.8) is 0 Å². The molecule has 3 aliphatic rings. The molecule has 4 heterocycles. The zero-order chi connectivity index (χ0) is 30.5. The first-order chi connectivity index (χ1) is 20.5. The molecule has 0 spiro atoms. The molecule has 1 N–H and O–H groups in total. The summed E-state index contributed by atoms with van der Waals surface area (Å²) in [5, 5.41) is 8.19. The number of aryl methyl sites for hydroxylation is 1. The third-order valence-corrected chi connectivity index (χ3v) is 9.13. The molecule has 3 aliphatic heterocycles. The maximum Gasteiger partial charge on any atom is 0.406 e. The molecule has 13 heteroatoms. The summed E-state index contributed by atoms with van der Waals surface area (Å²) in [5.74, 6) is -1.95. The van der Waals surface area contributed by atoms with Gasteiger partial charge in [0.2, 0.25) is 11.8 Å². The molecule has 0 saturated carbocycles. The number of carbonyl (C=O) groups is 3. The van der Waals surface area contributed by atoms with Gasteiger partial charge in [0.05, 0.1) is 22.7 Å². The largest absolute Gasteiger partial charge is 0.406 e. The zero-order valence-corrected chi connectivity index (χ0v) is 24.4. The fourth-order valence-corrected chi connectivity index (χ4v) is 7.04. The summed E-state index contributed by atoms with van der Waals surface area (Å²) >= 11 is 6.53. The van der Waals surface area contributed by atoms with E-state index < -0.39 is 24.5 Å². The van der Waals surface area contributed by atoms with Crippen molar-refractivity contribution in [2.75, 3.05) is 31.5 Å². The van der Waals surface area contributed by atoms with Crippen molar-refractivity contribution in [1.82, 2.24) is 24.5 Å². The summed E-state index contributed by atoms with van der Waals surface area (Å²) in [5.41, 5.74) is 3.68. The number of benzene rings is 2. The Hall–Kier alpha value is -3.80. The van der Waals surface area contributed by atoms with Gasteiger partial charge in [-0.2, -0.15) is 18.3 Å². The van der Waals surface area contributed by atoms with E-state index in [4.69, 9.17) is 11.6 Å². The van der Waals surface area contributed by atoms with E-state index in [1.165, 1.54) is 0 Å². The lowest BCUT2D eigenvalue weighted by atomic mass is 9.92. The molecule has 1 atom stereocenters. The van der Waals surface area contributed by atoms with Crippen LogP contribution in [0.15, 0.2) is 36.5 Å². The fourth-order valence-electron chi connectivity index (χ4n) is 6.69. The number of halogens is 4. The van der Waals surface area contributed by atoms with Crippen molar-refractivity contribution in [3.05, 3.63) is 58.2 Å². The Labute approximate surface area is 251 Å². The molecule has 1 fully saturated rings. The van der Waals surface area contributed by atoms with E-state index in [0.717, 1.165) is 22.6 Å². The lowest BCUT2D eigenvalue weighted by Crippen LogP contribution is -2.50. The van der Waals surface area contributed by atoms with Gasteiger partial charge in [0, 0.05) is 56.8 Å². The number of aromatic nitrogens is 2. The van der Waals surface area contributed by atoms with Crippen LogP contribution in [0, 0.1) is 5.92 Å². The molecule has 0 bridgehead atoms. The standard InChI is InChI=1S/C30H32ClF3N6O3/c1-37-27-22(15-35-37)23-16-39(17-30(32,33)34)28(42)20(12-19(23)13-24(27)31)14-26(41)38-9-7-21(8-10-38)40-11-6-18-4-2-3-5-25(18)36-29(40)43/h2-5,13,15,20-21H,6-12,14,16-17H2,1H3,(H,36,43). The van der Waals surface area contributed by atoms with Gasteiger partial charge in [-0.25, -0.2) is 4.79 Å². The number of hydrogen-bond donors (Lipinski definition) is 1. The number of rotatable bonds is 4. The van der Waals surface area contributed by atoms with Gasteiger partial charge < -0.3 is 20.0 Å². The highest BCUT2D eigenvalue weighted by Gasteiger charge is 2.40. The van der Waals surface area contributed by atoms with E-state index in [-0.39, 0.29) is 37.4 Å². The molecule has 0 radical (unpaired) electrons. The molecule has 0 aliphatic carbocycles. The Bertz CT molecular complexity index is 1580. The second-order valence-electron chi connectivity index (χ2n) is 11.6. The average Bonchev–Trinajstić information content (AvgIpc) is 3.20. The minimum absolute atomic E-state index is 0.0453. The molecule has 1 unspecified atom stereocenters. The van der Waals surface area contributed by atoms with Crippen molar-refractivity contribution >= 4 is 46.0 Å². The highest BCUT2D eigenvalue weighted by atomic mass is 35.5. The molecule has 9 nitrogen and oxygen atoms in total. The zero-order valence-electron chi connectivity index (χ0n) is 23.7. The van der Waals surface area contributed by atoms with Gasteiger partial charge in [0.25, 0.3) is 0 Å². The van der Waals surface area contributed by atoms with E-state index in [0.29, 0.717) is 59.5 Å². The fraction of sp³-hybridized carbons (Fsp3) is 0.467. The highest BCUT2D eigenvalue weighted by molar-refractivity contribution is 6.35. The highest BCUT2D eigenvalue weighted by Crippen LogP contribution is 2.36. The summed E-state index contributed by atoms with van der Waals surface area (Å²) in [6.45, 7) is -0.296. The minimum Gasteiger partial charge on any atom is -0.343 e. The predicted octanol–water partition coefficient (Wildman–Crippen LogP) is 4.76. The molecular weight excluding hydrogens is 585 g/mol. The van der Waals surface area contributed by atoms with Gasteiger partial charge in [-0.3, -0.25) is 14.3 Å². The number of anilines is 1. The predicted molar refractivity (Wildman–Crippen MR) is 154 cm³/mol. The first kappa shape index (κ1) is 29.3. The van der Waals surface area contributed by atoms with Crippen LogP contribution in [0.4, 0.5) is 23.7 Å². The van der Waals surface area contributed by atoms with Crippen molar-refractivity contribution in [2.24, 2.45) is 13.0 Å². The number of likely N-dealkylation sites (tertiary alicyclic amines) is 1. The third-order valence-electron chi connectivity index (χ3n) is 8.85. The normalized spacial score (nSPS) is 20.0. The van der Waals surface area contributed by atoms with Crippen LogP contribution < -0.4 is 5.32 Å². The number of carbonyl (C=O) groups excluding carboxylic acids is 3. The van der Waals surface area contributed by atoms with Crippen LogP contribution in [0.3, 0.4) is 0 Å². The first-order valence-electron chi connectivity index (χ1n) is 14.4. The van der Waals surface area contributed by atoms with Gasteiger partial charge in [-0.15, -0.1) is 0 Å². The summed E-state index contributed by atoms with van der Waals surface area (Å²) in [7, 11) is 1.69. The summed E-state index contributed by atoms with van der Waals surface area (Å²) in [6.07, 6.45) is -1.28. The molecule has 6 rings (SSSR count). The van der Waals surface area contributed by atoms with Crippen LogP contribution in [-0.2, 0) is 36.0 Å². The molecular formula is C30H32ClF3N6O3. The van der Waals surface area contributed by atoms with Crippen molar-refractivity contribution in [3.8, 4) is 0 Å². The number of nitrogens with zero attached hydrogens (tertiary/aromatic N) is 5. The lowest BCUT2D eigenvalue weighted by Gasteiger charge is -2.38. The van der Waals surface area contributed by atoms with Gasteiger partial charge in [-0.1, -0.05) is 29.8 Å². The smallest absolute Gasteiger partial charge is 0.343 e. The summed E-state index contributed by atoms with van der Waals surface area (Å²) < 4.78 is 42.3. The molecule has 2 aromatic carbocycles. The van der Waals surface area contributed by atoms with Crippen LogP contribution in [0.1, 0.15) is 36.0 Å². The van der Waals surface area contributed by atoms with Gasteiger partial charge in [-0.05, 0) is 54.5 Å². The molecule has 1 saturated heterocycles. The monoisotopic (exact) mass is 616 g/mol. The number of urea groups is 1. The van der Waals surface area contributed by atoms with E-state index in [1.807, 2.05) is 29.2 Å².